The molecule has 0 aliphatic carbocycles. The van der Waals surface area contributed by atoms with Gasteiger partial charge in [0.05, 0.1) is 37.6 Å². The van der Waals surface area contributed by atoms with E-state index >= 15 is 0 Å². The topological polar surface area (TPSA) is 77.4 Å². The van der Waals surface area contributed by atoms with Crippen molar-refractivity contribution < 1.29 is 24.1 Å². The first-order chi connectivity index (χ1) is 13.6. The van der Waals surface area contributed by atoms with Gasteiger partial charge in [0.15, 0.2) is 11.5 Å². The molecule has 2 aromatic rings. The molecule has 2 heterocycles. The van der Waals surface area contributed by atoms with Gasteiger partial charge in [-0.1, -0.05) is 12.1 Å². The molecule has 6 heteroatoms. The average molecular weight is 381 g/mol. The number of aromatic carboxylic acids is 1. The molecule has 28 heavy (non-hydrogen) atoms. The van der Waals surface area contributed by atoms with Gasteiger partial charge in [-0.25, -0.2) is 4.79 Å². The van der Waals surface area contributed by atoms with Crippen LogP contribution in [0.4, 0.5) is 0 Å². The summed E-state index contributed by atoms with van der Waals surface area (Å²) in [4.78, 5) is 16.2. The predicted octanol–water partition coefficient (Wildman–Crippen LogP) is 3.52. The molecule has 0 spiro atoms. The molecule has 2 aliphatic rings. The summed E-state index contributed by atoms with van der Waals surface area (Å²) in [5.41, 5.74) is 4.13. The van der Waals surface area contributed by atoms with Gasteiger partial charge in [-0.15, -0.1) is 0 Å². The van der Waals surface area contributed by atoms with Crippen molar-refractivity contribution >= 4 is 11.7 Å². The lowest BCUT2D eigenvalue weighted by atomic mass is 9.80. The Hall–Kier alpha value is -2.86. The summed E-state index contributed by atoms with van der Waals surface area (Å²) < 4.78 is 17.1. The van der Waals surface area contributed by atoms with E-state index in [2.05, 4.69) is 0 Å². The lowest BCUT2D eigenvalue weighted by Crippen LogP contribution is -2.34. The Morgan fingerprint density at radius 1 is 1.25 bits per heavy atom. The minimum absolute atomic E-state index is 0.137. The molecule has 0 saturated carbocycles. The van der Waals surface area contributed by atoms with Crippen LogP contribution in [0, 0.1) is 0 Å². The first kappa shape index (κ1) is 18.5. The van der Waals surface area contributed by atoms with Crippen LogP contribution < -0.4 is 9.47 Å². The van der Waals surface area contributed by atoms with Crippen LogP contribution in [-0.2, 0) is 4.74 Å². The summed E-state index contributed by atoms with van der Waals surface area (Å²) in [5.74, 6) is 0.613. The normalized spacial score (nSPS) is 20.6. The first-order valence-corrected chi connectivity index (χ1v) is 9.46. The van der Waals surface area contributed by atoms with Crippen LogP contribution in [-0.4, -0.2) is 49.8 Å². The summed E-state index contributed by atoms with van der Waals surface area (Å²) >= 11 is 0. The van der Waals surface area contributed by atoms with Gasteiger partial charge in [-0.05, 0) is 43.2 Å². The second-order valence-electron chi connectivity index (χ2n) is 6.92. The maximum absolute atomic E-state index is 11.2. The summed E-state index contributed by atoms with van der Waals surface area (Å²) in [6.45, 7) is 3.82. The highest BCUT2D eigenvalue weighted by molar-refractivity contribution is 6.15. The SMILES string of the molecule is CCOc1cc2c(cc1OC)C(c1ccc(C(=O)O)cc1)=N[C@@H]1CCOC[C@H]21. The lowest BCUT2D eigenvalue weighted by Gasteiger charge is -2.35. The molecule has 0 radical (unpaired) electrons. The molecule has 1 N–H and O–H groups in total. The van der Waals surface area contributed by atoms with Gasteiger partial charge >= 0.3 is 5.97 Å². The van der Waals surface area contributed by atoms with E-state index in [1.54, 1.807) is 19.2 Å². The quantitative estimate of drug-likeness (QED) is 0.858. The van der Waals surface area contributed by atoms with Crippen LogP contribution in [0.15, 0.2) is 41.4 Å². The number of ether oxygens (including phenoxy) is 3. The minimum Gasteiger partial charge on any atom is -0.493 e. The van der Waals surface area contributed by atoms with Gasteiger partial charge in [0, 0.05) is 23.7 Å². The van der Waals surface area contributed by atoms with Crippen molar-refractivity contribution in [3.8, 4) is 11.5 Å². The number of hydrogen-bond donors (Lipinski definition) is 1. The number of carboxylic acids is 1. The maximum Gasteiger partial charge on any atom is 0.335 e. The number of nitrogens with zero attached hydrogens (tertiary/aromatic N) is 1. The van der Waals surface area contributed by atoms with E-state index in [1.165, 1.54) is 0 Å². The average Bonchev–Trinajstić information content (AvgIpc) is 2.73. The minimum atomic E-state index is -0.940. The smallest absolute Gasteiger partial charge is 0.335 e. The largest absolute Gasteiger partial charge is 0.493 e. The fourth-order valence-electron chi connectivity index (χ4n) is 3.93. The van der Waals surface area contributed by atoms with E-state index in [-0.39, 0.29) is 17.5 Å². The van der Waals surface area contributed by atoms with Crippen molar-refractivity contribution in [1.29, 1.82) is 0 Å². The molecule has 2 atom stereocenters. The summed E-state index contributed by atoms with van der Waals surface area (Å²) in [5, 5.41) is 9.17. The van der Waals surface area contributed by atoms with Crippen molar-refractivity contribution in [3.63, 3.8) is 0 Å². The van der Waals surface area contributed by atoms with Crippen molar-refractivity contribution in [2.45, 2.75) is 25.3 Å². The van der Waals surface area contributed by atoms with Gasteiger partial charge in [0.25, 0.3) is 0 Å². The Morgan fingerprint density at radius 3 is 2.71 bits per heavy atom. The second-order valence-corrected chi connectivity index (χ2v) is 6.92. The predicted molar refractivity (Wildman–Crippen MR) is 105 cm³/mol. The lowest BCUT2D eigenvalue weighted by molar-refractivity contribution is 0.0686. The second kappa shape index (κ2) is 7.64. The van der Waals surface area contributed by atoms with Gasteiger partial charge < -0.3 is 19.3 Å². The molecular formula is C22H23NO5. The molecule has 1 saturated heterocycles. The first-order valence-electron chi connectivity index (χ1n) is 9.46. The third kappa shape index (κ3) is 3.24. The Morgan fingerprint density at radius 2 is 2.04 bits per heavy atom. The Balaban J connectivity index is 1.85. The molecule has 6 nitrogen and oxygen atoms in total. The molecule has 2 aliphatic heterocycles. The zero-order valence-corrected chi connectivity index (χ0v) is 16.0. The number of fused-ring (bicyclic) bond motifs is 3. The Labute approximate surface area is 163 Å². The van der Waals surface area contributed by atoms with E-state index < -0.39 is 5.97 Å². The number of aliphatic imine (C=N–C) groups is 1. The highest BCUT2D eigenvalue weighted by Gasteiger charge is 2.35. The molecule has 146 valence electrons. The molecule has 0 unspecified atom stereocenters. The third-order valence-corrected chi connectivity index (χ3v) is 5.31. The van der Waals surface area contributed by atoms with Gasteiger partial charge in [0.2, 0.25) is 0 Å². The Bertz CT molecular complexity index is 919. The molecule has 2 aromatic carbocycles. The van der Waals surface area contributed by atoms with Crippen LogP contribution >= 0.6 is 0 Å². The molecule has 0 amide bonds. The number of rotatable bonds is 5. The Kier molecular flexibility index (Phi) is 5.05. The van der Waals surface area contributed by atoms with E-state index in [1.807, 2.05) is 31.2 Å². The highest BCUT2D eigenvalue weighted by atomic mass is 16.5. The number of methoxy groups -OCH3 is 1. The number of hydrogen-bond acceptors (Lipinski definition) is 5. The molecule has 0 bridgehead atoms. The monoisotopic (exact) mass is 381 g/mol. The van der Waals surface area contributed by atoms with Crippen molar-refractivity contribution in [3.05, 3.63) is 58.7 Å². The third-order valence-electron chi connectivity index (χ3n) is 5.31. The summed E-state index contributed by atoms with van der Waals surface area (Å²) in [7, 11) is 1.62. The zero-order valence-electron chi connectivity index (χ0n) is 16.0. The maximum atomic E-state index is 11.2. The number of benzene rings is 2. The summed E-state index contributed by atoms with van der Waals surface area (Å²) in [6.07, 6.45) is 0.858. The number of carboxylic acid groups (broad SMARTS) is 1. The van der Waals surface area contributed by atoms with E-state index in [4.69, 9.17) is 19.2 Å². The van der Waals surface area contributed by atoms with Crippen molar-refractivity contribution in [2.75, 3.05) is 26.9 Å². The van der Waals surface area contributed by atoms with Gasteiger partial charge in [-0.2, -0.15) is 0 Å². The van der Waals surface area contributed by atoms with Crippen LogP contribution in [0.25, 0.3) is 0 Å². The van der Waals surface area contributed by atoms with Crippen LogP contribution in [0.5, 0.6) is 11.5 Å². The molecule has 0 aromatic heterocycles. The molecule has 1 fully saturated rings. The fourth-order valence-corrected chi connectivity index (χ4v) is 3.93. The van der Waals surface area contributed by atoms with E-state index in [0.29, 0.717) is 25.6 Å². The fraction of sp³-hybridized carbons (Fsp3) is 0.364. The van der Waals surface area contributed by atoms with Gasteiger partial charge in [0.1, 0.15) is 0 Å². The number of carbonyl (C=O) groups is 1. The van der Waals surface area contributed by atoms with E-state index in [0.717, 1.165) is 34.6 Å². The van der Waals surface area contributed by atoms with Crippen molar-refractivity contribution in [2.24, 2.45) is 4.99 Å². The van der Waals surface area contributed by atoms with E-state index in [9.17, 15) is 9.90 Å². The summed E-state index contributed by atoms with van der Waals surface area (Å²) in [6, 6.07) is 11.0. The van der Waals surface area contributed by atoms with Gasteiger partial charge in [-0.3, -0.25) is 4.99 Å². The molecular weight excluding hydrogens is 358 g/mol. The van der Waals surface area contributed by atoms with Crippen LogP contribution in [0.1, 0.15) is 46.3 Å². The van der Waals surface area contributed by atoms with Crippen molar-refractivity contribution in [1.82, 2.24) is 0 Å². The zero-order chi connectivity index (χ0) is 19.7. The standard InChI is InChI=1S/C22H23NO5/c1-3-28-20-10-15-16(11-19(20)26-2)21(23-18-8-9-27-12-17(15)18)13-4-6-14(7-5-13)22(24)25/h4-7,10-11,17-18H,3,8-9,12H2,1-2H3,(H,24,25)/t17-,18-/m1/s1. The molecule has 4 rings (SSSR count). The van der Waals surface area contributed by atoms with Crippen LogP contribution in [0.3, 0.4) is 0 Å². The highest BCUT2D eigenvalue weighted by Crippen LogP contribution is 2.41. The van der Waals surface area contributed by atoms with Crippen LogP contribution in [0.2, 0.25) is 0 Å².